The van der Waals surface area contributed by atoms with Crippen molar-refractivity contribution in [3.8, 4) is 0 Å². The van der Waals surface area contributed by atoms with Gasteiger partial charge in [0.2, 0.25) is 0 Å². The average molecular weight is 221 g/mol. The van der Waals surface area contributed by atoms with Gasteiger partial charge in [0.15, 0.2) is 0 Å². The van der Waals surface area contributed by atoms with Gasteiger partial charge in [-0.2, -0.15) is 0 Å². The van der Waals surface area contributed by atoms with Gasteiger partial charge in [0.25, 0.3) is 5.69 Å². The molecule has 0 saturated carbocycles. The zero-order valence-corrected chi connectivity index (χ0v) is 8.97. The average Bonchev–Trinajstić information content (AvgIpc) is 2.28. The zero-order chi connectivity index (χ0) is 12.1. The van der Waals surface area contributed by atoms with Gasteiger partial charge in [-0.1, -0.05) is 0 Å². The number of benzene rings is 1. The molecule has 0 amide bonds. The number of allylic oxidation sites excluding steroid dienone is 1. The van der Waals surface area contributed by atoms with Crippen LogP contribution < -0.4 is 0 Å². The minimum Gasteiger partial charge on any atom is -0.466 e. The van der Waals surface area contributed by atoms with Gasteiger partial charge in [-0.3, -0.25) is 10.1 Å². The molecule has 0 aromatic heterocycles. The van der Waals surface area contributed by atoms with E-state index in [1.165, 1.54) is 25.3 Å². The Morgan fingerprint density at radius 3 is 2.38 bits per heavy atom. The maximum Gasteiger partial charge on any atom is 0.330 e. The Kier molecular flexibility index (Phi) is 3.77. The number of hydrogen-bond donors (Lipinski definition) is 0. The van der Waals surface area contributed by atoms with Crippen molar-refractivity contribution in [2.24, 2.45) is 0 Å². The Bertz CT molecular complexity index is 434. The van der Waals surface area contributed by atoms with Crippen LogP contribution in [0.2, 0.25) is 0 Å². The van der Waals surface area contributed by atoms with Gasteiger partial charge in [0, 0.05) is 18.2 Å². The smallest absolute Gasteiger partial charge is 0.330 e. The van der Waals surface area contributed by atoms with Crippen molar-refractivity contribution in [3.63, 3.8) is 0 Å². The molecular weight excluding hydrogens is 210 g/mol. The van der Waals surface area contributed by atoms with Crippen molar-refractivity contribution in [2.75, 3.05) is 7.11 Å². The van der Waals surface area contributed by atoms with E-state index in [-0.39, 0.29) is 5.69 Å². The maximum atomic E-state index is 11.0. The highest BCUT2D eigenvalue weighted by Crippen LogP contribution is 2.18. The maximum absolute atomic E-state index is 11.0. The quantitative estimate of drug-likeness (QED) is 0.339. The lowest BCUT2D eigenvalue weighted by atomic mass is 10.1. The van der Waals surface area contributed by atoms with Crippen molar-refractivity contribution in [2.45, 2.75) is 6.92 Å². The first-order valence-corrected chi connectivity index (χ1v) is 4.55. The van der Waals surface area contributed by atoms with Crippen LogP contribution in [-0.4, -0.2) is 18.0 Å². The summed E-state index contributed by atoms with van der Waals surface area (Å²) in [5, 5.41) is 10.4. The van der Waals surface area contributed by atoms with Crippen LogP contribution in [0.25, 0.3) is 5.57 Å². The highest BCUT2D eigenvalue weighted by Gasteiger charge is 2.05. The second-order valence-corrected chi connectivity index (χ2v) is 3.15. The number of non-ortho nitro benzene ring substituents is 1. The van der Waals surface area contributed by atoms with Crippen LogP contribution in [0.5, 0.6) is 0 Å². The van der Waals surface area contributed by atoms with E-state index in [9.17, 15) is 14.9 Å². The van der Waals surface area contributed by atoms with Crippen LogP contribution in [0.15, 0.2) is 30.3 Å². The predicted molar refractivity (Wildman–Crippen MR) is 58.8 cm³/mol. The molecule has 0 N–H and O–H groups in total. The molecule has 0 atom stereocenters. The Hall–Kier alpha value is -2.17. The second-order valence-electron chi connectivity index (χ2n) is 3.15. The molecule has 5 heteroatoms. The van der Waals surface area contributed by atoms with Crippen molar-refractivity contribution < 1.29 is 14.5 Å². The predicted octanol–water partition coefficient (Wildman–Crippen LogP) is 2.17. The molecule has 5 nitrogen and oxygen atoms in total. The standard InChI is InChI=1S/C11H11NO4/c1-8(7-11(13)16-2)9-3-5-10(6-4-9)12(14)15/h3-7H,1-2H3. The lowest BCUT2D eigenvalue weighted by Gasteiger charge is -2.00. The fourth-order valence-corrected chi connectivity index (χ4v) is 1.17. The first-order chi connectivity index (χ1) is 7.54. The summed E-state index contributed by atoms with van der Waals surface area (Å²) in [6.07, 6.45) is 1.33. The first kappa shape index (κ1) is 11.9. The molecule has 1 aromatic carbocycles. The minimum absolute atomic E-state index is 0.0228. The third kappa shape index (κ3) is 2.91. The molecule has 0 spiro atoms. The number of methoxy groups -OCH3 is 1. The zero-order valence-electron chi connectivity index (χ0n) is 8.97. The van der Waals surface area contributed by atoms with Crippen molar-refractivity contribution in [3.05, 3.63) is 46.0 Å². The molecule has 1 rings (SSSR count). The molecular formula is C11H11NO4. The van der Waals surface area contributed by atoms with Crippen LogP contribution in [0.1, 0.15) is 12.5 Å². The van der Waals surface area contributed by atoms with Crippen LogP contribution in [0.3, 0.4) is 0 Å². The summed E-state index contributed by atoms with van der Waals surface area (Å²) in [4.78, 5) is 20.9. The summed E-state index contributed by atoms with van der Waals surface area (Å²) in [7, 11) is 1.29. The van der Waals surface area contributed by atoms with Crippen LogP contribution in [-0.2, 0) is 9.53 Å². The fourth-order valence-electron chi connectivity index (χ4n) is 1.17. The van der Waals surface area contributed by atoms with E-state index < -0.39 is 10.9 Å². The van der Waals surface area contributed by atoms with E-state index in [4.69, 9.17) is 0 Å². The number of nitrogens with zero attached hydrogens (tertiary/aromatic N) is 1. The summed E-state index contributed by atoms with van der Waals surface area (Å²) < 4.78 is 4.48. The van der Waals surface area contributed by atoms with E-state index in [2.05, 4.69) is 4.74 Å². The Labute approximate surface area is 92.5 Å². The highest BCUT2D eigenvalue weighted by atomic mass is 16.6. The SMILES string of the molecule is COC(=O)C=C(C)c1ccc([N+](=O)[O-])cc1. The molecule has 0 aliphatic carbocycles. The van der Waals surface area contributed by atoms with Crippen LogP contribution in [0, 0.1) is 10.1 Å². The second kappa shape index (κ2) is 5.06. The molecule has 0 fully saturated rings. The van der Waals surface area contributed by atoms with Gasteiger partial charge in [-0.05, 0) is 30.2 Å². The van der Waals surface area contributed by atoms with Gasteiger partial charge in [-0.25, -0.2) is 4.79 Å². The number of carbonyl (C=O) groups excluding carboxylic acids is 1. The van der Waals surface area contributed by atoms with Gasteiger partial charge in [0.05, 0.1) is 12.0 Å². The number of esters is 1. The topological polar surface area (TPSA) is 69.4 Å². The molecule has 0 heterocycles. The molecule has 0 unspecified atom stereocenters. The molecule has 1 aromatic rings. The Morgan fingerprint density at radius 2 is 1.94 bits per heavy atom. The minimum atomic E-state index is -0.469. The van der Waals surface area contributed by atoms with Crippen LogP contribution >= 0.6 is 0 Å². The molecule has 0 aliphatic rings. The summed E-state index contributed by atoms with van der Waals surface area (Å²) >= 11 is 0. The van der Waals surface area contributed by atoms with Crippen molar-refractivity contribution in [1.82, 2.24) is 0 Å². The third-order valence-electron chi connectivity index (χ3n) is 2.07. The Balaban J connectivity index is 2.94. The number of carbonyl (C=O) groups is 1. The van der Waals surface area contributed by atoms with Crippen molar-refractivity contribution in [1.29, 1.82) is 0 Å². The molecule has 0 saturated heterocycles. The number of hydrogen-bond acceptors (Lipinski definition) is 4. The summed E-state index contributed by atoms with van der Waals surface area (Å²) in [5.74, 6) is -0.448. The van der Waals surface area contributed by atoms with Crippen LogP contribution in [0.4, 0.5) is 5.69 Å². The van der Waals surface area contributed by atoms with E-state index in [0.717, 1.165) is 5.56 Å². The van der Waals surface area contributed by atoms with Crippen molar-refractivity contribution >= 4 is 17.2 Å². The summed E-state index contributed by atoms with van der Waals surface area (Å²) in [6.45, 7) is 1.73. The molecule has 0 radical (unpaired) electrons. The van der Waals surface area contributed by atoms with Gasteiger partial charge in [0.1, 0.15) is 0 Å². The summed E-state index contributed by atoms with van der Waals surface area (Å²) in [6, 6.07) is 5.97. The number of nitro groups is 1. The van der Waals surface area contributed by atoms with E-state index in [1.807, 2.05) is 0 Å². The van der Waals surface area contributed by atoms with E-state index in [1.54, 1.807) is 19.1 Å². The molecule has 0 aliphatic heterocycles. The van der Waals surface area contributed by atoms with Gasteiger partial charge < -0.3 is 4.74 Å². The van der Waals surface area contributed by atoms with Gasteiger partial charge >= 0.3 is 5.97 Å². The Morgan fingerprint density at radius 1 is 1.38 bits per heavy atom. The summed E-state index contributed by atoms with van der Waals surface area (Å²) in [5.41, 5.74) is 1.47. The number of nitro benzene ring substituents is 1. The fraction of sp³-hybridized carbons (Fsp3) is 0.182. The monoisotopic (exact) mass is 221 g/mol. The molecule has 16 heavy (non-hydrogen) atoms. The molecule has 0 bridgehead atoms. The lowest BCUT2D eigenvalue weighted by Crippen LogP contribution is -1.96. The number of rotatable bonds is 3. The molecule has 84 valence electrons. The first-order valence-electron chi connectivity index (χ1n) is 4.55. The third-order valence-corrected chi connectivity index (χ3v) is 2.07. The normalized spacial score (nSPS) is 11.0. The lowest BCUT2D eigenvalue weighted by molar-refractivity contribution is -0.384. The van der Waals surface area contributed by atoms with E-state index >= 15 is 0 Å². The highest BCUT2D eigenvalue weighted by molar-refractivity contribution is 5.90. The van der Waals surface area contributed by atoms with Gasteiger partial charge in [-0.15, -0.1) is 0 Å². The van der Waals surface area contributed by atoms with E-state index in [0.29, 0.717) is 5.57 Å². The largest absolute Gasteiger partial charge is 0.466 e. The number of ether oxygens (including phenoxy) is 1.